The van der Waals surface area contributed by atoms with E-state index in [0.29, 0.717) is 18.8 Å². The van der Waals surface area contributed by atoms with Gasteiger partial charge >= 0.3 is 0 Å². The standard InChI is InChI=1S/C17H29FN2O/c1-4-10-19-13-14-8-7-9-16(18)17(14)20(11-12-21)15(5-2)6-3/h7-9,15,19,21H,4-6,10-13H2,1-3H3. The van der Waals surface area contributed by atoms with Crippen LogP contribution in [0.5, 0.6) is 0 Å². The second-order valence-electron chi connectivity index (χ2n) is 5.31. The normalized spacial score (nSPS) is 11.1. The second-order valence-corrected chi connectivity index (χ2v) is 5.31. The lowest BCUT2D eigenvalue weighted by molar-refractivity contribution is 0.295. The number of aliphatic hydroxyl groups is 1. The van der Waals surface area contributed by atoms with E-state index in [0.717, 1.165) is 31.4 Å². The lowest BCUT2D eigenvalue weighted by atomic mass is 10.1. The van der Waals surface area contributed by atoms with E-state index in [-0.39, 0.29) is 18.5 Å². The van der Waals surface area contributed by atoms with Crippen LogP contribution in [0.2, 0.25) is 0 Å². The van der Waals surface area contributed by atoms with Crippen molar-refractivity contribution in [3.63, 3.8) is 0 Å². The Hall–Kier alpha value is -1.13. The molecule has 0 atom stereocenters. The fourth-order valence-electron chi connectivity index (χ4n) is 2.74. The molecule has 120 valence electrons. The Balaban J connectivity index is 3.09. The van der Waals surface area contributed by atoms with Crippen LogP contribution in [0.4, 0.5) is 10.1 Å². The van der Waals surface area contributed by atoms with E-state index in [4.69, 9.17) is 0 Å². The maximum atomic E-state index is 14.4. The molecule has 0 aliphatic rings. The minimum atomic E-state index is -0.203. The maximum absolute atomic E-state index is 14.4. The molecule has 21 heavy (non-hydrogen) atoms. The van der Waals surface area contributed by atoms with Gasteiger partial charge in [-0.25, -0.2) is 4.39 Å². The van der Waals surface area contributed by atoms with Crippen molar-refractivity contribution in [1.82, 2.24) is 5.32 Å². The van der Waals surface area contributed by atoms with Crippen LogP contribution in [0.1, 0.15) is 45.6 Å². The summed E-state index contributed by atoms with van der Waals surface area (Å²) >= 11 is 0. The van der Waals surface area contributed by atoms with Crippen molar-refractivity contribution in [3.8, 4) is 0 Å². The highest BCUT2D eigenvalue weighted by Crippen LogP contribution is 2.28. The molecule has 3 nitrogen and oxygen atoms in total. The van der Waals surface area contributed by atoms with Crippen molar-refractivity contribution < 1.29 is 9.50 Å². The van der Waals surface area contributed by atoms with Crippen LogP contribution in [-0.2, 0) is 6.54 Å². The van der Waals surface area contributed by atoms with Gasteiger partial charge in [-0.05, 0) is 37.4 Å². The molecule has 0 unspecified atom stereocenters. The monoisotopic (exact) mass is 296 g/mol. The number of benzene rings is 1. The SMILES string of the molecule is CCCNCc1cccc(F)c1N(CCO)C(CC)CC. The lowest BCUT2D eigenvalue weighted by Gasteiger charge is -2.34. The van der Waals surface area contributed by atoms with Crippen molar-refractivity contribution in [3.05, 3.63) is 29.6 Å². The molecule has 0 aliphatic carbocycles. The van der Waals surface area contributed by atoms with Crippen LogP contribution in [-0.4, -0.2) is 30.8 Å². The fraction of sp³-hybridized carbons (Fsp3) is 0.647. The van der Waals surface area contributed by atoms with Gasteiger partial charge in [0.2, 0.25) is 0 Å². The summed E-state index contributed by atoms with van der Waals surface area (Å²) in [7, 11) is 0. The van der Waals surface area contributed by atoms with E-state index >= 15 is 0 Å². The van der Waals surface area contributed by atoms with E-state index < -0.39 is 0 Å². The fourth-order valence-corrected chi connectivity index (χ4v) is 2.74. The number of hydrogen-bond donors (Lipinski definition) is 2. The Kier molecular flexibility index (Phi) is 8.31. The first-order chi connectivity index (χ1) is 10.2. The molecule has 1 aromatic rings. The van der Waals surface area contributed by atoms with E-state index in [9.17, 15) is 9.50 Å². The molecule has 0 spiro atoms. The van der Waals surface area contributed by atoms with Crippen LogP contribution >= 0.6 is 0 Å². The number of halogens is 1. The second kappa shape index (κ2) is 9.74. The topological polar surface area (TPSA) is 35.5 Å². The van der Waals surface area contributed by atoms with Gasteiger partial charge in [-0.15, -0.1) is 0 Å². The van der Waals surface area contributed by atoms with Gasteiger partial charge in [-0.3, -0.25) is 0 Å². The first-order valence-corrected chi connectivity index (χ1v) is 8.05. The average Bonchev–Trinajstić information content (AvgIpc) is 2.48. The summed E-state index contributed by atoms with van der Waals surface area (Å²) in [5.74, 6) is -0.203. The molecule has 0 fully saturated rings. The summed E-state index contributed by atoms with van der Waals surface area (Å²) in [5.41, 5.74) is 1.60. The third-order valence-electron chi connectivity index (χ3n) is 3.82. The molecule has 0 heterocycles. The molecule has 0 bridgehead atoms. The third kappa shape index (κ3) is 4.97. The summed E-state index contributed by atoms with van der Waals surface area (Å²) in [4.78, 5) is 2.03. The minimum Gasteiger partial charge on any atom is -0.395 e. The molecule has 1 rings (SSSR count). The zero-order chi connectivity index (χ0) is 15.7. The van der Waals surface area contributed by atoms with E-state index in [2.05, 4.69) is 26.1 Å². The number of nitrogens with one attached hydrogen (secondary N) is 1. The van der Waals surface area contributed by atoms with Crippen LogP contribution in [0.25, 0.3) is 0 Å². The first-order valence-electron chi connectivity index (χ1n) is 8.05. The van der Waals surface area contributed by atoms with Gasteiger partial charge in [-0.2, -0.15) is 0 Å². The summed E-state index contributed by atoms with van der Waals surface area (Å²) in [6, 6.07) is 5.48. The zero-order valence-electron chi connectivity index (χ0n) is 13.5. The number of anilines is 1. The zero-order valence-corrected chi connectivity index (χ0v) is 13.5. The highest BCUT2D eigenvalue weighted by molar-refractivity contribution is 5.55. The quantitative estimate of drug-likeness (QED) is 0.650. The number of rotatable bonds is 10. The smallest absolute Gasteiger partial charge is 0.146 e. The van der Waals surface area contributed by atoms with Gasteiger partial charge < -0.3 is 15.3 Å². The molecular weight excluding hydrogens is 267 g/mol. The predicted molar refractivity (Wildman–Crippen MR) is 87.2 cm³/mol. The largest absolute Gasteiger partial charge is 0.395 e. The first kappa shape index (κ1) is 17.9. The lowest BCUT2D eigenvalue weighted by Crippen LogP contribution is -2.38. The molecule has 0 amide bonds. The van der Waals surface area contributed by atoms with Crippen molar-refractivity contribution in [2.24, 2.45) is 0 Å². The number of hydrogen-bond acceptors (Lipinski definition) is 3. The third-order valence-corrected chi connectivity index (χ3v) is 3.82. The Morgan fingerprint density at radius 2 is 1.95 bits per heavy atom. The van der Waals surface area contributed by atoms with Crippen LogP contribution < -0.4 is 10.2 Å². The predicted octanol–water partition coefficient (Wildman–Crippen LogP) is 3.31. The average molecular weight is 296 g/mol. The Morgan fingerprint density at radius 3 is 2.52 bits per heavy atom. The van der Waals surface area contributed by atoms with Gasteiger partial charge in [0.05, 0.1) is 12.3 Å². The molecule has 0 saturated heterocycles. The summed E-state index contributed by atoms with van der Waals surface area (Å²) in [5, 5.41) is 12.7. The maximum Gasteiger partial charge on any atom is 0.146 e. The highest BCUT2D eigenvalue weighted by Gasteiger charge is 2.21. The molecule has 1 aromatic carbocycles. The van der Waals surface area contributed by atoms with Crippen LogP contribution in [0.15, 0.2) is 18.2 Å². The Morgan fingerprint density at radius 1 is 1.24 bits per heavy atom. The number of nitrogens with zero attached hydrogens (tertiary/aromatic N) is 1. The summed E-state index contributed by atoms with van der Waals surface area (Å²) < 4.78 is 14.4. The van der Waals surface area contributed by atoms with Gasteiger partial charge in [0.25, 0.3) is 0 Å². The molecule has 0 radical (unpaired) electrons. The van der Waals surface area contributed by atoms with Gasteiger partial charge in [-0.1, -0.05) is 32.9 Å². The van der Waals surface area contributed by atoms with E-state index in [1.165, 1.54) is 6.07 Å². The van der Waals surface area contributed by atoms with Crippen molar-refractivity contribution in [2.45, 2.75) is 52.6 Å². The summed E-state index contributed by atoms with van der Waals surface area (Å²) in [6.07, 6.45) is 2.93. The molecular formula is C17H29FN2O. The molecule has 4 heteroatoms. The molecule has 2 N–H and O–H groups in total. The Bertz CT molecular complexity index is 408. The van der Waals surface area contributed by atoms with Gasteiger partial charge in [0.1, 0.15) is 5.82 Å². The van der Waals surface area contributed by atoms with Gasteiger partial charge in [0, 0.05) is 19.1 Å². The van der Waals surface area contributed by atoms with Gasteiger partial charge in [0.15, 0.2) is 0 Å². The van der Waals surface area contributed by atoms with Crippen molar-refractivity contribution in [1.29, 1.82) is 0 Å². The minimum absolute atomic E-state index is 0.0344. The molecule has 0 aromatic heterocycles. The highest BCUT2D eigenvalue weighted by atomic mass is 19.1. The summed E-state index contributed by atoms with van der Waals surface area (Å²) in [6.45, 7) is 8.40. The van der Waals surface area contributed by atoms with Crippen molar-refractivity contribution >= 4 is 5.69 Å². The van der Waals surface area contributed by atoms with Crippen LogP contribution in [0.3, 0.4) is 0 Å². The van der Waals surface area contributed by atoms with Crippen molar-refractivity contribution in [2.75, 3.05) is 24.6 Å². The molecule has 0 saturated carbocycles. The Labute approximate surface area is 128 Å². The van der Waals surface area contributed by atoms with E-state index in [1.807, 2.05) is 11.0 Å². The van der Waals surface area contributed by atoms with Crippen LogP contribution in [0, 0.1) is 5.82 Å². The van der Waals surface area contributed by atoms with E-state index in [1.54, 1.807) is 6.07 Å². The number of para-hydroxylation sites is 1. The molecule has 0 aliphatic heterocycles. The number of aliphatic hydroxyl groups excluding tert-OH is 1.